The van der Waals surface area contributed by atoms with Gasteiger partial charge in [-0.05, 0) is 25.5 Å². The van der Waals surface area contributed by atoms with Gasteiger partial charge >= 0.3 is 0 Å². The third-order valence-electron chi connectivity index (χ3n) is 3.43. The van der Waals surface area contributed by atoms with Crippen molar-refractivity contribution in [1.29, 1.82) is 0 Å². The molecule has 4 heteroatoms. The van der Waals surface area contributed by atoms with Gasteiger partial charge in [0.05, 0.1) is 14.2 Å². The predicted octanol–water partition coefficient (Wildman–Crippen LogP) is 2.64. The minimum atomic E-state index is 0.232. The molecule has 0 spiro atoms. The average Bonchev–Trinajstić information content (AvgIpc) is 2.46. The van der Waals surface area contributed by atoms with Gasteiger partial charge in [0.15, 0.2) is 0 Å². The molecule has 0 saturated heterocycles. The van der Waals surface area contributed by atoms with Crippen LogP contribution in [0.2, 0.25) is 0 Å². The Morgan fingerprint density at radius 1 is 1.16 bits per heavy atom. The summed E-state index contributed by atoms with van der Waals surface area (Å²) in [4.78, 5) is 0. The molecular formula is C15H25NO3. The quantitative estimate of drug-likeness (QED) is 0.786. The summed E-state index contributed by atoms with van der Waals surface area (Å²) in [6, 6.07) is 6.17. The SMILES string of the molecule is CNC(c1ccc(OC)cc1OC)C(C)CCOC. The number of ether oxygens (including phenoxy) is 3. The van der Waals surface area contributed by atoms with Crippen molar-refractivity contribution in [3.8, 4) is 11.5 Å². The van der Waals surface area contributed by atoms with Crippen molar-refractivity contribution in [2.24, 2.45) is 5.92 Å². The molecule has 0 aliphatic rings. The highest BCUT2D eigenvalue weighted by atomic mass is 16.5. The number of hydrogen-bond donors (Lipinski definition) is 1. The average molecular weight is 267 g/mol. The standard InChI is InChI=1S/C15H25NO3/c1-11(8-9-17-3)15(16-2)13-7-6-12(18-4)10-14(13)19-5/h6-7,10-11,15-16H,8-9H2,1-5H3. The second-order valence-electron chi connectivity index (χ2n) is 4.63. The lowest BCUT2D eigenvalue weighted by molar-refractivity contribution is 0.171. The summed E-state index contributed by atoms with van der Waals surface area (Å²) in [6.45, 7) is 2.97. The molecule has 4 nitrogen and oxygen atoms in total. The second kappa shape index (κ2) is 8.02. The smallest absolute Gasteiger partial charge is 0.127 e. The molecule has 0 heterocycles. The van der Waals surface area contributed by atoms with E-state index in [1.165, 1.54) is 0 Å². The third-order valence-corrected chi connectivity index (χ3v) is 3.43. The van der Waals surface area contributed by atoms with Crippen LogP contribution >= 0.6 is 0 Å². The van der Waals surface area contributed by atoms with Gasteiger partial charge in [0.25, 0.3) is 0 Å². The maximum absolute atomic E-state index is 5.47. The number of methoxy groups -OCH3 is 3. The molecule has 108 valence electrons. The summed E-state index contributed by atoms with van der Waals surface area (Å²) in [5.74, 6) is 2.11. The van der Waals surface area contributed by atoms with Crippen LogP contribution in [-0.4, -0.2) is 35.0 Å². The van der Waals surface area contributed by atoms with Gasteiger partial charge in [-0.1, -0.05) is 13.0 Å². The summed E-state index contributed by atoms with van der Waals surface area (Å²) in [5, 5.41) is 3.36. The lowest BCUT2D eigenvalue weighted by Gasteiger charge is -2.25. The Hall–Kier alpha value is -1.26. The molecule has 1 rings (SSSR count). The Morgan fingerprint density at radius 3 is 2.42 bits per heavy atom. The van der Waals surface area contributed by atoms with Crippen LogP contribution in [0, 0.1) is 5.92 Å². The normalized spacial score (nSPS) is 13.9. The molecule has 0 aromatic heterocycles. The topological polar surface area (TPSA) is 39.7 Å². The van der Waals surface area contributed by atoms with Gasteiger partial charge in [-0.25, -0.2) is 0 Å². The Morgan fingerprint density at radius 2 is 1.89 bits per heavy atom. The molecule has 1 N–H and O–H groups in total. The Kier molecular flexibility index (Phi) is 6.67. The summed E-state index contributed by atoms with van der Waals surface area (Å²) >= 11 is 0. The molecule has 0 fully saturated rings. The van der Waals surface area contributed by atoms with Crippen molar-refractivity contribution < 1.29 is 14.2 Å². The highest BCUT2D eigenvalue weighted by Crippen LogP contribution is 2.33. The fourth-order valence-corrected chi connectivity index (χ4v) is 2.29. The minimum absolute atomic E-state index is 0.232. The van der Waals surface area contributed by atoms with Gasteiger partial charge in [0, 0.05) is 31.4 Å². The van der Waals surface area contributed by atoms with Crippen LogP contribution in [-0.2, 0) is 4.74 Å². The Balaban J connectivity index is 2.96. The lowest BCUT2D eigenvalue weighted by atomic mass is 9.91. The number of benzene rings is 1. The van der Waals surface area contributed by atoms with Gasteiger partial charge in [-0.2, -0.15) is 0 Å². The van der Waals surface area contributed by atoms with E-state index in [9.17, 15) is 0 Å². The van der Waals surface area contributed by atoms with Crippen molar-refractivity contribution in [2.45, 2.75) is 19.4 Å². The molecule has 0 radical (unpaired) electrons. The zero-order chi connectivity index (χ0) is 14.3. The molecule has 0 aliphatic heterocycles. The van der Waals surface area contributed by atoms with Crippen molar-refractivity contribution in [3.05, 3.63) is 23.8 Å². The monoisotopic (exact) mass is 267 g/mol. The highest BCUT2D eigenvalue weighted by molar-refractivity contribution is 5.42. The first-order valence-electron chi connectivity index (χ1n) is 6.56. The van der Waals surface area contributed by atoms with E-state index in [4.69, 9.17) is 14.2 Å². The highest BCUT2D eigenvalue weighted by Gasteiger charge is 2.21. The fraction of sp³-hybridized carbons (Fsp3) is 0.600. The van der Waals surface area contributed by atoms with Crippen LogP contribution in [0.4, 0.5) is 0 Å². The van der Waals surface area contributed by atoms with E-state index in [-0.39, 0.29) is 6.04 Å². The van der Waals surface area contributed by atoms with E-state index in [0.29, 0.717) is 5.92 Å². The molecule has 0 bridgehead atoms. The molecule has 1 aromatic rings. The number of hydrogen-bond acceptors (Lipinski definition) is 4. The Bertz CT molecular complexity index is 382. The van der Waals surface area contributed by atoms with Crippen LogP contribution in [0.1, 0.15) is 24.9 Å². The van der Waals surface area contributed by atoms with Gasteiger partial charge in [-0.15, -0.1) is 0 Å². The zero-order valence-electron chi connectivity index (χ0n) is 12.5. The van der Waals surface area contributed by atoms with Gasteiger partial charge in [-0.3, -0.25) is 0 Å². The van der Waals surface area contributed by atoms with E-state index in [1.54, 1.807) is 21.3 Å². The Labute approximate surface area is 116 Å². The summed E-state index contributed by atoms with van der Waals surface area (Å²) in [6.07, 6.45) is 0.997. The van der Waals surface area contributed by atoms with Crippen LogP contribution in [0.15, 0.2) is 18.2 Å². The molecule has 1 aromatic carbocycles. The summed E-state index contributed by atoms with van der Waals surface area (Å²) < 4.78 is 15.9. The van der Waals surface area contributed by atoms with Crippen LogP contribution < -0.4 is 14.8 Å². The zero-order valence-corrected chi connectivity index (χ0v) is 12.5. The van der Waals surface area contributed by atoms with E-state index < -0.39 is 0 Å². The van der Waals surface area contributed by atoms with Gasteiger partial charge < -0.3 is 19.5 Å². The first-order valence-corrected chi connectivity index (χ1v) is 6.56. The molecule has 2 atom stereocenters. The van der Waals surface area contributed by atoms with Crippen molar-refractivity contribution in [2.75, 3.05) is 35.0 Å². The first-order chi connectivity index (χ1) is 9.17. The van der Waals surface area contributed by atoms with Crippen molar-refractivity contribution >= 4 is 0 Å². The first kappa shape index (κ1) is 15.8. The van der Waals surface area contributed by atoms with Crippen molar-refractivity contribution in [1.82, 2.24) is 5.32 Å². The van der Waals surface area contributed by atoms with E-state index in [2.05, 4.69) is 18.3 Å². The fourth-order valence-electron chi connectivity index (χ4n) is 2.29. The minimum Gasteiger partial charge on any atom is -0.497 e. The lowest BCUT2D eigenvalue weighted by Crippen LogP contribution is -2.25. The van der Waals surface area contributed by atoms with Gasteiger partial charge in [0.1, 0.15) is 11.5 Å². The van der Waals surface area contributed by atoms with Crippen LogP contribution in [0.5, 0.6) is 11.5 Å². The summed E-state index contributed by atoms with van der Waals surface area (Å²) in [5.41, 5.74) is 1.15. The van der Waals surface area contributed by atoms with Crippen LogP contribution in [0.3, 0.4) is 0 Å². The maximum Gasteiger partial charge on any atom is 0.127 e. The largest absolute Gasteiger partial charge is 0.497 e. The molecule has 2 unspecified atom stereocenters. The molecular weight excluding hydrogens is 242 g/mol. The van der Waals surface area contributed by atoms with E-state index in [1.807, 2.05) is 19.2 Å². The number of rotatable bonds is 8. The summed E-state index contributed by atoms with van der Waals surface area (Å²) in [7, 11) is 7.04. The molecule has 0 amide bonds. The molecule has 0 aliphatic carbocycles. The maximum atomic E-state index is 5.47. The van der Waals surface area contributed by atoms with E-state index in [0.717, 1.165) is 30.1 Å². The second-order valence-corrected chi connectivity index (χ2v) is 4.63. The third kappa shape index (κ3) is 4.11. The van der Waals surface area contributed by atoms with Gasteiger partial charge in [0.2, 0.25) is 0 Å². The van der Waals surface area contributed by atoms with Crippen molar-refractivity contribution in [3.63, 3.8) is 0 Å². The molecule has 19 heavy (non-hydrogen) atoms. The number of nitrogens with one attached hydrogen (secondary N) is 1. The van der Waals surface area contributed by atoms with Crippen LogP contribution in [0.25, 0.3) is 0 Å². The predicted molar refractivity (Wildman–Crippen MR) is 77.0 cm³/mol. The van der Waals surface area contributed by atoms with E-state index >= 15 is 0 Å². The molecule has 0 saturated carbocycles.